The Hall–Kier alpha value is -2.70. The molecule has 0 radical (unpaired) electrons. The predicted octanol–water partition coefficient (Wildman–Crippen LogP) is 1.62. The molecule has 0 aliphatic heterocycles. The third-order valence-electron chi connectivity index (χ3n) is 3.84. The van der Waals surface area contributed by atoms with E-state index >= 15 is 0 Å². The quantitative estimate of drug-likeness (QED) is 0.701. The van der Waals surface area contributed by atoms with Crippen LogP contribution in [0.1, 0.15) is 18.1 Å². The van der Waals surface area contributed by atoms with E-state index in [1.165, 1.54) is 7.11 Å². The van der Waals surface area contributed by atoms with Crippen molar-refractivity contribution in [3.63, 3.8) is 0 Å². The number of rotatable bonds is 8. The zero-order chi connectivity index (χ0) is 19.0. The highest BCUT2D eigenvalue weighted by atomic mass is 16.6. The minimum atomic E-state index is -2.00. The molecule has 0 spiro atoms. The maximum absolute atomic E-state index is 12.7. The number of carbonyl (C=O) groups excluding carboxylic acids is 2. The van der Waals surface area contributed by atoms with Gasteiger partial charge in [-0.1, -0.05) is 60.7 Å². The van der Waals surface area contributed by atoms with Gasteiger partial charge in [0.05, 0.1) is 6.61 Å². The summed E-state index contributed by atoms with van der Waals surface area (Å²) in [6.07, 6.45) is 0. The average molecular weight is 357 g/mol. The first-order valence-electron chi connectivity index (χ1n) is 8.27. The summed E-state index contributed by atoms with van der Waals surface area (Å²) < 4.78 is 10.1. The Morgan fingerprint density at radius 1 is 1.04 bits per heavy atom. The smallest absolute Gasteiger partial charge is 0.348 e. The third-order valence-corrected chi connectivity index (χ3v) is 3.84. The number of carbonyl (C=O) groups is 2. The lowest BCUT2D eigenvalue weighted by Gasteiger charge is -2.27. The van der Waals surface area contributed by atoms with E-state index in [2.05, 4.69) is 5.32 Å². The summed E-state index contributed by atoms with van der Waals surface area (Å²) in [5.41, 5.74) is -1.27. The van der Waals surface area contributed by atoms with E-state index in [9.17, 15) is 14.7 Å². The maximum Gasteiger partial charge on any atom is 0.348 e. The van der Waals surface area contributed by atoms with E-state index < -0.39 is 24.1 Å². The second-order valence-corrected chi connectivity index (χ2v) is 5.94. The van der Waals surface area contributed by atoms with E-state index in [1.807, 2.05) is 0 Å². The number of nitrogens with one attached hydrogen (secondary N) is 1. The normalized spacial score (nSPS) is 12.3. The fourth-order valence-corrected chi connectivity index (χ4v) is 2.60. The third kappa shape index (κ3) is 4.68. The maximum atomic E-state index is 12.7. The van der Waals surface area contributed by atoms with Crippen molar-refractivity contribution < 1.29 is 24.2 Å². The molecular weight excluding hydrogens is 334 g/mol. The van der Waals surface area contributed by atoms with Gasteiger partial charge in [0.15, 0.2) is 6.61 Å². The van der Waals surface area contributed by atoms with Gasteiger partial charge in [0, 0.05) is 13.2 Å². The van der Waals surface area contributed by atoms with Crippen molar-refractivity contribution in [2.75, 3.05) is 20.3 Å². The van der Waals surface area contributed by atoms with Crippen molar-refractivity contribution >= 4 is 11.9 Å². The summed E-state index contributed by atoms with van der Waals surface area (Å²) in [5.74, 6) is -1.38. The van der Waals surface area contributed by atoms with Crippen molar-refractivity contribution in [1.82, 2.24) is 5.32 Å². The van der Waals surface area contributed by atoms with Crippen LogP contribution in [0.25, 0.3) is 0 Å². The molecular formula is C20H23NO5. The van der Waals surface area contributed by atoms with Gasteiger partial charge in [-0.2, -0.15) is 0 Å². The van der Waals surface area contributed by atoms with Gasteiger partial charge in [-0.25, -0.2) is 4.79 Å². The molecule has 0 aliphatic carbocycles. The first-order chi connectivity index (χ1) is 12.5. The van der Waals surface area contributed by atoms with Gasteiger partial charge in [0.1, 0.15) is 0 Å². The minimum Gasteiger partial charge on any atom is -0.453 e. The monoisotopic (exact) mass is 357 g/mol. The van der Waals surface area contributed by atoms with Gasteiger partial charge in [0.25, 0.3) is 5.91 Å². The van der Waals surface area contributed by atoms with Crippen LogP contribution in [-0.2, 0) is 24.7 Å². The van der Waals surface area contributed by atoms with Crippen molar-refractivity contribution in [1.29, 1.82) is 0 Å². The molecule has 0 saturated carbocycles. The number of amides is 1. The van der Waals surface area contributed by atoms with Gasteiger partial charge >= 0.3 is 5.97 Å². The van der Waals surface area contributed by atoms with Crippen molar-refractivity contribution in [3.8, 4) is 0 Å². The summed E-state index contributed by atoms with van der Waals surface area (Å²) in [6, 6.07) is 16.8. The standard InChI is InChI=1S/C20H23NO5/c1-15(13-25-2)21-18(22)14-26-19(23)20(24,16-9-5-3-6-10-16)17-11-7-4-8-12-17/h3-12,15,24H,13-14H2,1-2H3,(H,21,22). The fourth-order valence-electron chi connectivity index (χ4n) is 2.60. The van der Waals surface area contributed by atoms with Gasteiger partial charge in [-0.15, -0.1) is 0 Å². The van der Waals surface area contributed by atoms with Crippen LogP contribution < -0.4 is 5.32 Å². The molecule has 2 aromatic rings. The molecule has 0 saturated heterocycles. The van der Waals surface area contributed by atoms with Crippen molar-refractivity contribution in [3.05, 3.63) is 71.8 Å². The Bertz CT molecular complexity index is 678. The summed E-state index contributed by atoms with van der Waals surface area (Å²) in [6.45, 7) is 1.63. The molecule has 26 heavy (non-hydrogen) atoms. The van der Waals surface area contributed by atoms with E-state index in [-0.39, 0.29) is 6.04 Å². The largest absolute Gasteiger partial charge is 0.453 e. The van der Waals surface area contributed by atoms with E-state index in [4.69, 9.17) is 9.47 Å². The highest BCUT2D eigenvalue weighted by molar-refractivity contribution is 5.88. The molecule has 2 aromatic carbocycles. The molecule has 1 amide bonds. The summed E-state index contributed by atoms with van der Waals surface area (Å²) >= 11 is 0. The Labute approximate surface area is 152 Å². The van der Waals surface area contributed by atoms with Gasteiger partial charge in [-0.3, -0.25) is 4.79 Å². The van der Waals surface area contributed by atoms with Crippen molar-refractivity contribution in [2.45, 2.75) is 18.6 Å². The van der Waals surface area contributed by atoms with E-state index in [0.717, 1.165) is 0 Å². The molecule has 0 bridgehead atoms. The molecule has 2 rings (SSSR count). The van der Waals surface area contributed by atoms with Crippen LogP contribution in [0.3, 0.4) is 0 Å². The van der Waals surface area contributed by atoms with Crippen molar-refractivity contribution in [2.24, 2.45) is 0 Å². The van der Waals surface area contributed by atoms with Crippen LogP contribution >= 0.6 is 0 Å². The van der Waals surface area contributed by atoms with Gasteiger partial charge in [-0.05, 0) is 18.1 Å². The van der Waals surface area contributed by atoms with Crippen LogP contribution in [0.4, 0.5) is 0 Å². The van der Waals surface area contributed by atoms with Crippen LogP contribution in [0.2, 0.25) is 0 Å². The highest BCUT2D eigenvalue weighted by Gasteiger charge is 2.41. The minimum absolute atomic E-state index is 0.215. The molecule has 0 aromatic heterocycles. The molecule has 0 aliphatic rings. The first kappa shape index (κ1) is 19.6. The van der Waals surface area contributed by atoms with Gasteiger partial charge < -0.3 is 19.9 Å². The van der Waals surface area contributed by atoms with Crippen LogP contribution in [0, 0.1) is 0 Å². The number of aliphatic hydroxyl groups is 1. The van der Waals surface area contributed by atoms with E-state index in [0.29, 0.717) is 17.7 Å². The molecule has 2 N–H and O–H groups in total. The van der Waals surface area contributed by atoms with E-state index in [1.54, 1.807) is 67.6 Å². The number of benzene rings is 2. The topological polar surface area (TPSA) is 84.9 Å². The number of hydrogen-bond acceptors (Lipinski definition) is 5. The molecule has 6 nitrogen and oxygen atoms in total. The zero-order valence-corrected chi connectivity index (χ0v) is 14.8. The summed E-state index contributed by atoms with van der Waals surface area (Å²) in [4.78, 5) is 24.6. The SMILES string of the molecule is COCC(C)NC(=O)COC(=O)C(O)(c1ccccc1)c1ccccc1. The second kappa shape index (κ2) is 9.12. The Morgan fingerprint density at radius 2 is 1.54 bits per heavy atom. The summed E-state index contributed by atoms with van der Waals surface area (Å²) in [7, 11) is 1.53. The Balaban J connectivity index is 2.16. The van der Waals surface area contributed by atoms with Crippen LogP contribution in [-0.4, -0.2) is 43.3 Å². The molecule has 6 heteroatoms. The lowest BCUT2D eigenvalue weighted by atomic mass is 9.86. The highest BCUT2D eigenvalue weighted by Crippen LogP contribution is 2.30. The number of hydrogen-bond donors (Lipinski definition) is 2. The Morgan fingerprint density at radius 3 is 2.00 bits per heavy atom. The molecule has 0 fully saturated rings. The number of methoxy groups -OCH3 is 1. The second-order valence-electron chi connectivity index (χ2n) is 5.94. The van der Waals surface area contributed by atoms with Gasteiger partial charge in [0.2, 0.25) is 5.60 Å². The van der Waals surface area contributed by atoms with Crippen LogP contribution in [0.15, 0.2) is 60.7 Å². The fraction of sp³-hybridized carbons (Fsp3) is 0.300. The molecule has 1 unspecified atom stereocenters. The lowest BCUT2D eigenvalue weighted by molar-refractivity contribution is -0.164. The van der Waals surface area contributed by atoms with Crippen LogP contribution in [0.5, 0.6) is 0 Å². The summed E-state index contributed by atoms with van der Waals surface area (Å²) in [5, 5.41) is 13.8. The predicted molar refractivity (Wildman–Crippen MR) is 96.3 cm³/mol. The zero-order valence-electron chi connectivity index (χ0n) is 14.8. The average Bonchev–Trinajstić information content (AvgIpc) is 2.67. The Kier molecular flexibility index (Phi) is 6.89. The first-order valence-corrected chi connectivity index (χ1v) is 8.27. The number of esters is 1. The lowest BCUT2D eigenvalue weighted by Crippen LogP contribution is -2.42. The molecule has 1 atom stereocenters. The molecule has 0 heterocycles. The molecule has 138 valence electrons. The number of ether oxygens (including phenoxy) is 2.